The molecule has 0 spiro atoms. The van der Waals surface area contributed by atoms with Gasteiger partial charge < -0.3 is 0 Å². The van der Waals surface area contributed by atoms with Crippen LogP contribution in [0.4, 0.5) is 5.69 Å². The molecule has 3 heteroatoms. The van der Waals surface area contributed by atoms with E-state index >= 15 is 0 Å². The normalized spacial score (nSPS) is 19.7. The molecule has 0 bridgehead atoms. The van der Waals surface area contributed by atoms with E-state index in [-0.39, 0.29) is 0 Å². The minimum absolute atomic E-state index is 0.724. The topological polar surface area (TPSA) is 32.7 Å². The average molecular weight is 200 g/mol. The highest BCUT2D eigenvalue weighted by Gasteiger charge is 2.32. The molecule has 2 aliphatic rings. The predicted molar refractivity (Wildman–Crippen MR) is 56.5 cm³/mol. The van der Waals surface area contributed by atoms with Gasteiger partial charge >= 0.3 is 0 Å². The second-order valence-corrected chi connectivity index (χ2v) is 4.29. The number of rotatable bonds is 2. The van der Waals surface area contributed by atoms with Crippen molar-refractivity contribution >= 4 is 11.8 Å². The van der Waals surface area contributed by atoms with E-state index in [1.54, 1.807) is 6.08 Å². The Kier molecular flexibility index (Phi) is 1.94. The molecule has 76 valence electrons. The van der Waals surface area contributed by atoms with Crippen LogP contribution in [-0.2, 0) is 17.9 Å². The van der Waals surface area contributed by atoms with Crippen LogP contribution in [0.5, 0.6) is 0 Å². The highest BCUT2D eigenvalue weighted by Crippen LogP contribution is 2.35. The molecule has 15 heavy (non-hydrogen) atoms. The molecular weight excluding hydrogens is 188 g/mol. The Hall–Kier alpha value is -1.44. The summed E-state index contributed by atoms with van der Waals surface area (Å²) in [5, 5.41) is 0. The van der Waals surface area contributed by atoms with Crippen molar-refractivity contribution in [2.75, 3.05) is 0 Å². The molecule has 1 heterocycles. The summed E-state index contributed by atoms with van der Waals surface area (Å²) in [4.78, 5) is 16.3. The zero-order valence-corrected chi connectivity index (χ0v) is 8.44. The third kappa shape index (κ3) is 1.60. The molecular formula is C12H12N2O. The first-order valence-corrected chi connectivity index (χ1v) is 5.30. The highest BCUT2D eigenvalue weighted by atomic mass is 16.1. The number of fused-ring (bicyclic) bond motifs is 1. The molecule has 1 fully saturated rings. The summed E-state index contributed by atoms with van der Waals surface area (Å²) < 4.78 is 0. The molecule has 0 aromatic heterocycles. The molecule has 0 atom stereocenters. The van der Waals surface area contributed by atoms with E-state index in [9.17, 15) is 4.79 Å². The van der Waals surface area contributed by atoms with Gasteiger partial charge in [-0.05, 0) is 36.1 Å². The molecule has 1 aliphatic carbocycles. The summed E-state index contributed by atoms with van der Waals surface area (Å²) in [6.07, 6.45) is 4.26. The van der Waals surface area contributed by atoms with Crippen molar-refractivity contribution in [2.45, 2.75) is 32.0 Å². The molecule has 1 aliphatic heterocycles. The number of aliphatic imine (C=N–C) groups is 1. The van der Waals surface area contributed by atoms with Crippen molar-refractivity contribution in [3.05, 3.63) is 29.3 Å². The summed E-state index contributed by atoms with van der Waals surface area (Å²) in [5.74, 6) is 0. The van der Waals surface area contributed by atoms with Crippen LogP contribution in [0.1, 0.15) is 24.0 Å². The largest absolute Gasteiger partial charge is 0.292 e. The van der Waals surface area contributed by atoms with E-state index in [4.69, 9.17) is 0 Å². The van der Waals surface area contributed by atoms with E-state index in [0.29, 0.717) is 0 Å². The second-order valence-electron chi connectivity index (χ2n) is 4.29. The number of benzene rings is 1. The van der Waals surface area contributed by atoms with Gasteiger partial charge in [0.1, 0.15) is 0 Å². The zero-order chi connectivity index (χ0) is 10.3. The van der Waals surface area contributed by atoms with Crippen LogP contribution in [0, 0.1) is 0 Å². The number of carbonyl (C=O) groups excluding carboxylic acids is 1. The van der Waals surface area contributed by atoms with Gasteiger partial charge in [0, 0.05) is 19.1 Å². The lowest BCUT2D eigenvalue weighted by atomic mass is 10.1. The summed E-state index contributed by atoms with van der Waals surface area (Å²) in [6, 6.07) is 6.77. The first-order valence-electron chi connectivity index (χ1n) is 5.30. The van der Waals surface area contributed by atoms with Crippen molar-refractivity contribution in [3.63, 3.8) is 0 Å². The molecule has 0 amide bonds. The Morgan fingerprint density at radius 3 is 2.80 bits per heavy atom. The number of hydrogen-bond donors (Lipinski definition) is 0. The minimum atomic E-state index is 0.724. The summed E-state index contributed by atoms with van der Waals surface area (Å²) in [7, 11) is 0. The summed E-state index contributed by atoms with van der Waals surface area (Å²) >= 11 is 0. The molecule has 1 aromatic rings. The molecule has 0 N–H and O–H groups in total. The van der Waals surface area contributed by atoms with E-state index in [2.05, 4.69) is 16.0 Å². The van der Waals surface area contributed by atoms with Gasteiger partial charge in [0.05, 0.1) is 5.69 Å². The van der Waals surface area contributed by atoms with Crippen LogP contribution in [0.3, 0.4) is 0 Å². The predicted octanol–water partition coefficient (Wildman–Crippen LogP) is 2.13. The van der Waals surface area contributed by atoms with Crippen molar-refractivity contribution in [1.29, 1.82) is 0 Å². The van der Waals surface area contributed by atoms with Crippen molar-refractivity contribution in [1.82, 2.24) is 4.90 Å². The Balaban J connectivity index is 1.88. The Morgan fingerprint density at radius 2 is 2.07 bits per heavy atom. The summed E-state index contributed by atoms with van der Waals surface area (Å²) in [6.45, 7) is 2.08. The van der Waals surface area contributed by atoms with Gasteiger partial charge in [-0.3, -0.25) is 4.90 Å². The molecule has 1 aromatic carbocycles. The highest BCUT2D eigenvalue weighted by molar-refractivity contribution is 5.52. The third-order valence-electron chi connectivity index (χ3n) is 3.17. The molecule has 0 unspecified atom stereocenters. The van der Waals surface area contributed by atoms with Crippen molar-refractivity contribution in [3.8, 4) is 0 Å². The lowest BCUT2D eigenvalue weighted by Crippen LogP contribution is -2.18. The average Bonchev–Trinajstić information content (AvgIpc) is 2.99. The fourth-order valence-corrected chi connectivity index (χ4v) is 2.23. The minimum Gasteiger partial charge on any atom is -0.292 e. The molecule has 0 radical (unpaired) electrons. The van der Waals surface area contributed by atoms with Crippen LogP contribution >= 0.6 is 0 Å². The lowest BCUT2D eigenvalue weighted by molar-refractivity contribution is 0.273. The smallest absolute Gasteiger partial charge is 0.240 e. The Morgan fingerprint density at radius 1 is 1.27 bits per heavy atom. The van der Waals surface area contributed by atoms with Gasteiger partial charge in [0.2, 0.25) is 6.08 Å². The van der Waals surface area contributed by atoms with Gasteiger partial charge in [-0.15, -0.1) is 0 Å². The van der Waals surface area contributed by atoms with Gasteiger partial charge in [-0.25, -0.2) is 4.79 Å². The molecule has 3 nitrogen and oxygen atoms in total. The van der Waals surface area contributed by atoms with Gasteiger partial charge in [0.15, 0.2) is 0 Å². The number of isocyanates is 1. The fourth-order valence-electron chi connectivity index (χ4n) is 2.23. The molecule has 1 saturated carbocycles. The van der Waals surface area contributed by atoms with E-state index in [0.717, 1.165) is 24.8 Å². The first kappa shape index (κ1) is 8.84. The molecule has 0 saturated heterocycles. The van der Waals surface area contributed by atoms with Crippen LogP contribution in [-0.4, -0.2) is 17.0 Å². The van der Waals surface area contributed by atoms with Crippen LogP contribution in [0.15, 0.2) is 23.2 Å². The maximum atomic E-state index is 10.2. The lowest BCUT2D eigenvalue weighted by Gasteiger charge is -2.11. The SMILES string of the molecule is O=C=Nc1ccc2c(c1)CN(C1CC1)C2. The quantitative estimate of drug-likeness (QED) is 0.541. The van der Waals surface area contributed by atoms with E-state index < -0.39 is 0 Å². The van der Waals surface area contributed by atoms with Crippen molar-refractivity contribution in [2.24, 2.45) is 4.99 Å². The maximum absolute atomic E-state index is 10.2. The monoisotopic (exact) mass is 200 g/mol. The van der Waals surface area contributed by atoms with Crippen molar-refractivity contribution < 1.29 is 4.79 Å². The second kappa shape index (κ2) is 3.30. The van der Waals surface area contributed by atoms with Gasteiger partial charge in [0.25, 0.3) is 0 Å². The van der Waals surface area contributed by atoms with Crippen LogP contribution in [0.2, 0.25) is 0 Å². The Bertz CT molecular complexity index is 445. The van der Waals surface area contributed by atoms with Gasteiger partial charge in [-0.1, -0.05) is 6.07 Å². The zero-order valence-electron chi connectivity index (χ0n) is 8.44. The standard InChI is InChI=1S/C12H12N2O/c15-8-13-11-2-1-9-6-14(12-3-4-12)7-10(9)5-11/h1-2,5,12H,3-4,6-7H2. The van der Waals surface area contributed by atoms with Crippen LogP contribution in [0.25, 0.3) is 0 Å². The molecule has 3 rings (SSSR count). The van der Waals surface area contributed by atoms with E-state index in [1.165, 1.54) is 24.0 Å². The Labute approximate surface area is 88.4 Å². The van der Waals surface area contributed by atoms with Gasteiger partial charge in [-0.2, -0.15) is 4.99 Å². The fraction of sp³-hybridized carbons (Fsp3) is 0.417. The number of hydrogen-bond acceptors (Lipinski definition) is 3. The first-order chi connectivity index (χ1) is 7.36. The summed E-state index contributed by atoms with van der Waals surface area (Å²) in [5.41, 5.74) is 3.42. The third-order valence-corrected chi connectivity index (χ3v) is 3.17. The number of nitrogens with zero attached hydrogens (tertiary/aromatic N) is 2. The van der Waals surface area contributed by atoms with E-state index in [1.807, 2.05) is 12.1 Å². The maximum Gasteiger partial charge on any atom is 0.240 e. The van der Waals surface area contributed by atoms with Crippen LogP contribution < -0.4 is 0 Å².